The molecule has 0 aliphatic heterocycles. The van der Waals surface area contributed by atoms with Crippen LogP contribution in [0.15, 0.2) is 84.9 Å². The van der Waals surface area contributed by atoms with Crippen molar-refractivity contribution in [3.63, 3.8) is 0 Å². The molecule has 0 bridgehead atoms. The fraction of sp³-hybridized carbons (Fsp3) is 0.167. The highest BCUT2D eigenvalue weighted by Crippen LogP contribution is 2.24. The smallest absolute Gasteiger partial charge is 0.232 e. The lowest BCUT2D eigenvalue weighted by molar-refractivity contribution is -0.121. The topological polar surface area (TPSA) is 58.2 Å². The standard InChI is InChI=1S/C24H24N2O2/c1-18-12-14-21(15-13-18)26-22(27)16-17-25-24(28)23(19-8-4-2-5-9-19)20-10-6-3-7-11-20/h2-15,23H,16-17H2,1H3,(H,25,28)(H,26,27). The van der Waals surface area contributed by atoms with Crippen molar-refractivity contribution in [2.75, 3.05) is 11.9 Å². The zero-order valence-corrected chi connectivity index (χ0v) is 15.9. The molecule has 0 atom stereocenters. The van der Waals surface area contributed by atoms with Crippen LogP contribution >= 0.6 is 0 Å². The Labute approximate surface area is 165 Å². The molecule has 0 saturated heterocycles. The van der Waals surface area contributed by atoms with Gasteiger partial charge in [0.15, 0.2) is 0 Å². The van der Waals surface area contributed by atoms with Gasteiger partial charge in [0.05, 0.1) is 5.92 Å². The zero-order chi connectivity index (χ0) is 19.8. The molecule has 0 saturated carbocycles. The predicted octanol–water partition coefficient (Wildman–Crippen LogP) is 4.27. The average Bonchev–Trinajstić information content (AvgIpc) is 2.71. The fourth-order valence-corrected chi connectivity index (χ4v) is 3.05. The summed E-state index contributed by atoms with van der Waals surface area (Å²) in [6.45, 7) is 2.28. The molecule has 142 valence electrons. The molecule has 2 amide bonds. The molecule has 0 heterocycles. The number of aryl methyl sites for hydroxylation is 1. The maximum Gasteiger partial charge on any atom is 0.232 e. The van der Waals surface area contributed by atoms with Crippen LogP contribution in [0.1, 0.15) is 29.0 Å². The molecular formula is C24H24N2O2. The second-order valence-corrected chi connectivity index (χ2v) is 6.71. The van der Waals surface area contributed by atoms with E-state index in [9.17, 15) is 9.59 Å². The number of rotatable bonds is 7. The van der Waals surface area contributed by atoms with Crippen LogP contribution in [0.5, 0.6) is 0 Å². The summed E-state index contributed by atoms with van der Waals surface area (Å²) < 4.78 is 0. The molecule has 3 aromatic rings. The fourth-order valence-electron chi connectivity index (χ4n) is 3.05. The third kappa shape index (κ3) is 5.30. The number of amides is 2. The van der Waals surface area contributed by atoms with Gasteiger partial charge in [0.25, 0.3) is 0 Å². The van der Waals surface area contributed by atoms with Crippen molar-refractivity contribution < 1.29 is 9.59 Å². The molecule has 0 aliphatic carbocycles. The highest BCUT2D eigenvalue weighted by Gasteiger charge is 2.22. The Morgan fingerprint density at radius 2 is 1.32 bits per heavy atom. The maximum atomic E-state index is 12.9. The predicted molar refractivity (Wildman–Crippen MR) is 112 cm³/mol. The Bertz CT molecular complexity index is 867. The highest BCUT2D eigenvalue weighted by molar-refractivity contribution is 5.92. The minimum atomic E-state index is -0.400. The van der Waals surface area contributed by atoms with E-state index in [0.717, 1.165) is 22.4 Å². The summed E-state index contributed by atoms with van der Waals surface area (Å²) >= 11 is 0. The number of hydrogen-bond acceptors (Lipinski definition) is 2. The van der Waals surface area contributed by atoms with E-state index in [2.05, 4.69) is 10.6 Å². The van der Waals surface area contributed by atoms with Gasteiger partial charge in [0.2, 0.25) is 11.8 Å². The van der Waals surface area contributed by atoms with Crippen molar-refractivity contribution >= 4 is 17.5 Å². The van der Waals surface area contributed by atoms with E-state index in [1.165, 1.54) is 0 Å². The first-order valence-electron chi connectivity index (χ1n) is 9.37. The molecule has 0 spiro atoms. The minimum absolute atomic E-state index is 0.111. The first-order valence-corrected chi connectivity index (χ1v) is 9.37. The molecule has 0 aromatic heterocycles. The van der Waals surface area contributed by atoms with E-state index in [-0.39, 0.29) is 24.8 Å². The maximum absolute atomic E-state index is 12.9. The number of hydrogen-bond donors (Lipinski definition) is 2. The van der Waals surface area contributed by atoms with Crippen LogP contribution < -0.4 is 10.6 Å². The van der Waals surface area contributed by atoms with Gasteiger partial charge < -0.3 is 10.6 Å². The SMILES string of the molecule is Cc1ccc(NC(=O)CCNC(=O)C(c2ccccc2)c2ccccc2)cc1. The van der Waals surface area contributed by atoms with E-state index in [1.807, 2.05) is 91.9 Å². The Morgan fingerprint density at radius 1 is 0.786 bits per heavy atom. The van der Waals surface area contributed by atoms with E-state index < -0.39 is 5.92 Å². The zero-order valence-electron chi connectivity index (χ0n) is 15.9. The molecule has 3 aromatic carbocycles. The number of anilines is 1. The number of nitrogens with one attached hydrogen (secondary N) is 2. The minimum Gasteiger partial charge on any atom is -0.355 e. The molecule has 4 nitrogen and oxygen atoms in total. The summed E-state index contributed by atoms with van der Waals surface area (Å²) in [5.74, 6) is -0.636. The Balaban J connectivity index is 1.59. The van der Waals surface area contributed by atoms with Gasteiger partial charge in [0, 0.05) is 18.7 Å². The molecule has 4 heteroatoms. The van der Waals surface area contributed by atoms with Crippen LogP contribution in [0.4, 0.5) is 5.69 Å². The van der Waals surface area contributed by atoms with Gasteiger partial charge in [-0.1, -0.05) is 78.4 Å². The number of carbonyl (C=O) groups excluding carboxylic acids is 2. The van der Waals surface area contributed by atoms with Crippen LogP contribution in [0, 0.1) is 6.92 Å². The summed E-state index contributed by atoms with van der Waals surface area (Å²) in [6, 6.07) is 27.0. The second-order valence-electron chi connectivity index (χ2n) is 6.71. The van der Waals surface area contributed by atoms with Gasteiger partial charge in [-0.2, -0.15) is 0 Å². The van der Waals surface area contributed by atoms with Gasteiger partial charge in [0.1, 0.15) is 0 Å². The monoisotopic (exact) mass is 372 g/mol. The Kier molecular flexibility index (Phi) is 6.58. The Hall–Kier alpha value is -3.40. The van der Waals surface area contributed by atoms with Crippen LogP contribution in [0.25, 0.3) is 0 Å². The van der Waals surface area contributed by atoms with Crippen molar-refractivity contribution in [1.29, 1.82) is 0 Å². The van der Waals surface area contributed by atoms with Crippen molar-refractivity contribution in [3.05, 3.63) is 102 Å². The number of carbonyl (C=O) groups is 2. The Morgan fingerprint density at radius 3 is 1.86 bits per heavy atom. The van der Waals surface area contributed by atoms with Crippen LogP contribution in [-0.2, 0) is 9.59 Å². The van der Waals surface area contributed by atoms with Gasteiger partial charge in [-0.15, -0.1) is 0 Å². The summed E-state index contributed by atoms with van der Waals surface area (Å²) in [5, 5.41) is 5.75. The van der Waals surface area contributed by atoms with E-state index in [0.29, 0.717) is 0 Å². The van der Waals surface area contributed by atoms with Gasteiger partial charge in [-0.05, 0) is 30.2 Å². The molecular weight excluding hydrogens is 348 g/mol. The van der Waals surface area contributed by atoms with Gasteiger partial charge >= 0.3 is 0 Å². The van der Waals surface area contributed by atoms with Crippen molar-refractivity contribution in [2.45, 2.75) is 19.3 Å². The van der Waals surface area contributed by atoms with E-state index >= 15 is 0 Å². The highest BCUT2D eigenvalue weighted by atomic mass is 16.2. The molecule has 0 fully saturated rings. The van der Waals surface area contributed by atoms with Gasteiger partial charge in [-0.25, -0.2) is 0 Å². The largest absolute Gasteiger partial charge is 0.355 e. The normalized spacial score (nSPS) is 10.5. The molecule has 3 rings (SSSR count). The van der Waals surface area contributed by atoms with Crippen LogP contribution in [-0.4, -0.2) is 18.4 Å². The second kappa shape index (κ2) is 9.51. The third-order valence-corrected chi connectivity index (χ3v) is 4.51. The summed E-state index contributed by atoms with van der Waals surface area (Å²) in [4.78, 5) is 25.0. The van der Waals surface area contributed by atoms with Gasteiger partial charge in [-0.3, -0.25) is 9.59 Å². The first kappa shape index (κ1) is 19.4. The van der Waals surface area contributed by atoms with E-state index in [4.69, 9.17) is 0 Å². The van der Waals surface area contributed by atoms with Crippen LogP contribution in [0.2, 0.25) is 0 Å². The lowest BCUT2D eigenvalue weighted by atomic mass is 9.90. The number of benzene rings is 3. The first-order chi connectivity index (χ1) is 13.6. The lowest BCUT2D eigenvalue weighted by Gasteiger charge is -2.18. The summed E-state index contributed by atoms with van der Waals surface area (Å²) in [6.07, 6.45) is 0.218. The van der Waals surface area contributed by atoms with Crippen molar-refractivity contribution in [1.82, 2.24) is 5.32 Å². The van der Waals surface area contributed by atoms with Crippen LogP contribution in [0.3, 0.4) is 0 Å². The average molecular weight is 372 g/mol. The molecule has 2 N–H and O–H groups in total. The van der Waals surface area contributed by atoms with Crippen molar-refractivity contribution in [2.24, 2.45) is 0 Å². The molecule has 28 heavy (non-hydrogen) atoms. The lowest BCUT2D eigenvalue weighted by Crippen LogP contribution is -2.32. The molecule has 0 aliphatic rings. The van der Waals surface area contributed by atoms with E-state index in [1.54, 1.807) is 0 Å². The molecule has 0 unspecified atom stereocenters. The summed E-state index contributed by atoms with van der Waals surface area (Å²) in [7, 11) is 0. The summed E-state index contributed by atoms with van der Waals surface area (Å²) in [5.41, 5.74) is 3.75. The molecule has 0 radical (unpaired) electrons. The third-order valence-electron chi connectivity index (χ3n) is 4.51. The van der Waals surface area contributed by atoms with Crippen molar-refractivity contribution in [3.8, 4) is 0 Å². The quantitative estimate of drug-likeness (QED) is 0.651.